The molecule has 0 aromatic rings. The minimum Gasteiger partial charge on any atom is -0.464 e. The fourth-order valence-corrected chi connectivity index (χ4v) is 3.39. The number of likely N-dealkylation sites (tertiary alicyclic amines) is 1. The van der Waals surface area contributed by atoms with Gasteiger partial charge in [-0.2, -0.15) is 0 Å². The molecule has 2 heterocycles. The van der Waals surface area contributed by atoms with E-state index in [0.29, 0.717) is 5.92 Å². The monoisotopic (exact) mass is 288 g/mol. The Bertz CT molecular complexity index is 544. The van der Waals surface area contributed by atoms with Crippen LogP contribution < -0.4 is 5.73 Å². The molecular formula is C17H24N2O2. The minimum atomic E-state index is 0.598. The Hall–Kier alpha value is -1.52. The molecule has 0 aromatic heterocycles. The van der Waals surface area contributed by atoms with Crippen molar-refractivity contribution in [1.82, 2.24) is 4.90 Å². The maximum absolute atomic E-state index is 6.13. The summed E-state index contributed by atoms with van der Waals surface area (Å²) in [6.07, 6.45) is 5.17. The van der Waals surface area contributed by atoms with Crippen LogP contribution in [-0.4, -0.2) is 38.3 Å². The molecule has 2 N–H and O–H groups in total. The average Bonchev–Trinajstić information content (AvgIpc) is 2.94. The summed E-state index contributed by atoms with van der Waals surface area (Å²) in [5, 5.41) is 0. The van der Waals surface area contributed by atoms with Crippen molar-refractivity contribution in [1.29, 1.82) is 0 Å². The Morgan fingerprint density at radius 1 is 1.29 bits per heavy atom. The van der Waals surface area contributed by atoms with Crippen molar-refractivity contribution in [2.24, 2.45) is 0 Å². The van der Waals surface area contributed by atoms with Crippen LogP contribution >= 0.6 is 0 Å². The molecule has 1 saturated heterocycles. The summed E-state index contributed by atoms with van der Waals surface area (Å²) >= 11 is 0. The second-order valence-electron chi connectivity index (χ2n) is 5.87. The molecule has 0 atom stereocenters. The second kappa shape index (κ2) is 6.50. The molecule has 0 saturated carbocycles. The first kappa shape index (κ1) is 14.4. The van der Waals surface area contributed by atoms with Crippen molar-refractivity contribution in [3.63, 3.8) is 0 Å². The number of nitrogens with zero attached hydrogens (tertiary/aromatic N) is 1. The third-order valence-electron chi connectivity index (χ3n) is 4.53. The van der Waals surface area contributed by atoms with Gasteiger partial charge in [0, 0.05) is 31.5 Å². The lowest BCUT2D eigenvalue weighted by Gasteiger charge is -2.32. The van der Waals surface area contributed by atoms with Crippen LogP contribution in [0.25, 0.3) is 11.3 Å². The first-order valence-electron chi connectivity index (χ1n) is 7.76. The van der Waals surface area contributed by atoms with E-state index in [1.165, 1.54) is 18.4 Å². The van der Waals surface area contributed by atoms with Crippen LogP contribution in [-0.2, 0) is 4.74 Å². The summed E-state index contributed by atoms with van der Waals surface area (Å²) < 4.78 is 10.7. The zero-order valence-electron chi connectivity index (χ0n) is 12.7. The number of hydrogen-bond donors (Lipinski definition) is 1. The van der Waals surface area contributed by atoms with Crippen LogP contribution in [0.2, 0.25) is 0 Å². The Morgan fingerprint density at radius 2 is 2.10 bits per heavy atom. The zero-order chi connectivity index (χ0) is 14.7. The van der Waals surface area contributed by atoms with Gasteiger partial charge in [0.1, 0.15) is 5.76 Å². The van der Waals surface area contributed by atoms with E-state index >= 15 is 0 Å². The van der Waals surface area contributed by atoms with E-state index in [1.54, 1.807) is 13.4 Å². The topological polar surface area (TPSA) is 51.6 Å². The summed E-state index contributed by atoms with van der Waals surface area (Å²) in [6, 6.07) is 6.09. The molecule has 0 unspecified atom stereocenters. The number of rotatable bonds is 5. The van der Waals surface area contributed by atoms with Gasteiger partial charge in [-0.3, -0.25) is 0 Å². The van der Waals surface area contributed by atoms with Gasteiger partial charge in [-0.05, 0) is 56.0 Å². The largest absolute Gasteiger partial charge is 0.464 e. The predicted octanol–water partition coefficient (Wildman–Crippen LogP) is 3.18. The van der Waals surface area contributed by atoms with Crippen LogP contribution in [0.5, 0.6) is 0 Å². The van der Waals surface area contributed by atoms with Crippen LogP contribution in [0.15, 0.2) is 28.9 Å². The molecule has 114 valence electrons. The molecule has 0 amide bonds. The van der Waals surface area contributed by atoms with Crippen molar-refractivity contribution in [3.05, 3.63) is 30.0 Å². The van der Waals surface area contributed by atoms with Crippen LogP contribution in [0, 0.1) is 0 Å². The third kappa shape index (κ3) is 3.06. The maximum atomic E-state index is 6.13. The highest BCUT2D eigenvalue weighted by molar-refractivity contribution is 5.78. The van der Waals surface area contributed by atoms with E-state index in [9.17, 15) is 0 Å². The van der Waals surface area contributed by atoms with Gasteiger partial charge < -0.3 is 19.8 Å². The normalized spacial score (nSPS) is 17.6. The predicted molar refractivity (Wildman–Crippen MR) is 84.7 cm³/mol. The molecule has 0 aromatic carbocycles. The highest BCUT2D eigenvalue weighted by Gasteiger charge is 2.25. The summed E-state index contributed by atoms with van der Waals surface area (Å²) in [7, 11) is 1.77. The van der Waals surface area contributed by atoms with E-state index < -0.39 is 0 Å². The van der Waals surface area contributed by atoms with Gasteiger partial charge in [0.25, 0.3) is 0 Å². The summed E-state index contributed by atoms with van der Waals surface area (Å²) in [5.41, 5.74) is 9.45. The standard InChI is InChI=1S/C17H24N2O2/c1-20-11-2-8-19-9-5-13(6-10-19)14-3-4-16-17(14)15(18)7-12-21-16/h3-4,7,12-13H,2,5-6,8-11,18H2,1H3. The molecule has 4 nitrogen and oxygen atoms in total. The van der Waals surface area contributed by atoms with Gasteiger partial charge in [-0.15, -0.1) is 0 Å². The number of methoxy groups -OCH3 is 1. The number of nitrogens with two attached hydrogens (primary N) is 1. The number of hydrogen-bond acceptors (Lipinski definition) is 4. The Morgan fingerprint density at radius 3 is 2.86 bits per heavy atom. The zero-order valence-corrected chi connectivity index (χ0v) is 12.7. The van der Waals surface area contributed by atoms with Crippen LogP contribution in [0.1, 0.15) is 30.7 Å². The van der Waals surface area contributed by atoms with Gasteiger partial charge in [-0.1, -0.05) is 6.07 Å². The molecule has 4 heteroatoms. The number of ether oxygens (including phenoxy) is 1. The molecular weight excluding hydrogens is 264 g/mol. The van der Waals surface area contributed by atoms with Gasteiger partial charge in [0.05, 0.1) is 6.26 Å². The second-order valence-corrected chi connectivity index (χ2v) is 5.87. The number of fused-ring (bicyclic) bond motifs is 1. The minimum absolute atomic E-state index is 0.598. The molecule has 0 spiro atoms. The molecule has 0 radical (unpaired) electrons. The van der Waals surface area contributed by atoms with Crippen molar-refractivity contribution < 1.29 is 9.15 Å². The SMILES string of the molecule is COCCCN1CCC(c2ccc3occc(N)c2-3)CC1. The van der Waals surface area contributed by atoms with E-state index in [2.05, 4.69) is 11.0 Å². The van der Waals surface area contributed by atoms with Crippen molar-refractivity contribution in [3.8, 4) is 11.3 Å². The van der Waals surface area contributed by atoms with E-state index in [1.807, 2.05) is 12.1 Å². The van der Waals surface area contributed by atoms with Gasteiger partial charge >= 0.3 is 0 Å². The van der Waals surface area contributed by atoms with E-state index in [0.717, 1.165) is 49.7 Å². The fourth-order valence-electron chi connectivity index (χ4n) is 3.39. The molecule has 1 fully saturated rings. The molecule has 21 heavy (non-hydrogen) atoms. The Labute approximate surface area is 126 Å². The first-order valence-corrected chi connectivity index (χ1v) is 7.76. The number of anilines is 1. The summed E-state index contributed by atoms with van der Waals surface area (Å²) in [6.45, 7) is 4.31. The summed E-state index contributed by atoms with van der Waals surface area (Å²) in [4.78, 5) is 2.54. The first-order chi connectivity index (χ1) is 10.3. The highest BCUT2D eigenvalue weighted by Crippen LogP contribution is 2.40. The number of piperidine rings is 1. The molecule has 3 rings (SSSR count). The van der Waals surface area contributed by atoms with Gasteiger partial charge in [0.2, 0.25) is 0 Å². The van der Waals surface area contributed by atoms with E-state index in [4.69, 9.17) is 14.9 Å². The molecule has 2 aliphatic heterocycles. The van der Waals surface area contributed by atoms with Crippen molar-refractivity contribution in [2.45, 2.75) is 25.2 Å². The van der Waals surface area contributed by atoms with Crippen LogP contribution in [0.4, 0.5) is 5.69 Å². The lowest BCUT2D eigenvalue weighted by Crippen LogP contribution is -2.34. The average molecular weight is 288 g/mol. The fraction of sp³-hybridized carbons (Fsp3) is 0.529. The molecule has 1 aliphatic carbocycles. The van der Waals surface area contributed by atoms with Gasteiger partial charge in [-0.25, -0.2) is 0 Å². The number of nitrogen functional groups attached to an aromatic ring is 1. The van der Waals surface area contributed by atoms with Crippen molar-refractivity contribution >= 4 is 5.69 Å². The Balaban J connectivity index is 1.64. The Kier molecular flexibility index (Phi) is 4.46. The lowest BCUT2D eigenvalue weighted by molar-refractivity contribution is 0.157. The molecule has 3 aliphatic rings. The highest BCUT2D eigenvalue weighted by atomic mass is 16.5. The smallest absolute Gasteiger partial charge is 0.136 e. The quantitative estimate of drug-likeness (QED) is 0.859. The molecule has 0 bridgehead atoms. The van der Waals surface area contributed by atoms with Gasteiger partial charge in [0.15, 0.2) is 0 Å². The third-order valence-corrected chi connectivity index (χ3v) is 4.53. The van der Waals surface area contributed by atoms with E-state index in [-0.39, 0.29) is 0 Å². The summed E-state index contributed by atoms with van der Waals surface area (Å²) in [5.74, 6) is 1.51. The maximum Gasteiger partial charge on any atom is 0.136 e. The lowest BCUT2D eigenvalue weighted by atomic mass is 9.88. The van der Waals surface area contributed by atoms with Crippen molar-refractivity contribution in [2.75, 3.05) is 39.1 Å². The van der Waals surface area contributed by atoms with Crippen LogP contribution in [0.3, 0.4) is 0 Å².